The van der Waals surface area contributed by atoms with Gasteiger partial charge < -0.3 is 19.3 Å². The van der Waals surface area contributed by atoms with E-state index in [1.165, 1.54) is 0 Å². The molecule has 1 amide bonds. The molecule has 0 unspecified atom stereocenters. The SMILES string of the molecule is COc1ccc(-c2ccc(N(C)CCC(=O)N3CCCC3)cc2)cc1OC. The number of amides is 1. The van der Waals surface area contributed by atoms with Crippen molar-refractivity contribution in [3.63, 3.8) is 0 Å². The summed E-state index contributed by atoms with van der Waals surface area (Å²) in [6, 6.07) is 14.3. The standard InChI is InChI=1S/C22H28N2O3/c1-23(15-12-22(25)24-13-4-5-14-24)19-9-6-17(7-10-19)18-8-11-20(26-2)21(16-18)27-3/h6-11,16H,4-5,12-15H2,1-3H3. The van der Waals surface area contributed by atoms with Crippen molar-refractivity contribution in [3.8, 4) is 22.6 Å². The predicted molar refractivity (Wildman–Crippen MR) is 109 cm³/mol. The molecule has 3 rings (SSSR count). The fourth-order valence-corrected chi connectivity index (χ4v) is 3.44. The average molecular weight is 368 g/mol. The molecule has 0 saturated carbocycles. The third-order valence-corrected chi connectivity index (χ3v) is 5.14. The van der Waals surface area contributed by atoms with Crippen molar-refractivity contribution in [2.24, 2.45) is 0 Å². The van der Waals surface area contributed by atoms with E-state index in [2.05, 4.69) is 29.2 Å². The van der Waals surface area contributed by atoms with Gasteiger partial charge in [-0.1, -0.05) is 18.2 Å². The van der Waals surface area contributed by atoms with Crippen LogP contribution in [0.2, 0.25) is 0 Å². The molecule has 0 spiro atoms. The lowest BCUT2D eigenvalue weighted by Gasteiger charge is -2.21. The van der Waals surface area contributed by atoms with E-state index in [0.29, 0.717) is 6.42 Å². The van der Waals surface area contributed by atoms with E-state index in [1.54, 1.807) is 14.2 Å². The molecule has 0 N–H and O–H groups in total. The first-order chi connectivity index (χ1) is 13.1. The molecule has 2 aromatic carbocycles. The van der Waals surface area contributed by atoms with E-state index in [-0.39, 0.29) is 5.91 Å². The maximum Gasteiger partial charge on any atom is 0.224 e. The van der Waals surface area contributed by atoms with Gasteiger partial charge in [-0.3, -0.25) is 4.79 Å². The molecule has 5 nitrogen and oxygen atoms in total. The van der Waals surface area contributed by atoms with Crippen LogP contribution in [-0.4, -0.2) is 51.7 Å². The molecule has 27 heavy (non-hydrogen) atoms. The van der Waals surface area contributed by atoms with Gasteiger partial charge in [0.05, 0.1) is 14.2 Å². The Bertz CT molecular complexity index is 768. The Kier molecular flexibility index (Phi) is 6.22. The Morgan fingerprint density at radius 2 is 1.59 bits per heavy atom. The van der Waals surface area contributed by atoms with Crippen molar-refractivity contribution >= 4 is 11.6 Å². The van der Waals surface area contributed by atoms with Crippen molar-refractivity contribution in [3.05, 3.63) is 42.5 Å². The normalized spacial score (nSPS) is 13.5. The number of carbonyl (C=O) groups is 1. The van der Waals surface area contributed by atoms with Crippen LogP contribution in [0.15, 0.2) is 42.5 Å². The van der Waals surface area contributed by atoms with Crippen LogP contribution in [0.3, 0.4) is 0 Å². The van der Waals surface area contributed by atoms with Crippen molar-refractivity contribution < 1.29 is 14.3 Å². The Balaban J connectivity index is 1.63. The first kappa shape index (κ1) is 19.1. The summed E-state index contributed by atoms with van der Waals surface area (Å²) in [5.74, 6) is 1.71. The third kappa shape index (κ3) is 4.54. The van der Waals surface area contributed by atoms with Crippen LogP contribution in [0.1, 0.15) is 19.3 Å². The van der Waals surface area contributed by atoms with Crippen LogP contribution in [0.25, 0.3) is 11.1 Å². The molecule has 1 heterocycles. The lowest BCUT2D eigenvalue weighted by atomic mass is 10.0. The lowest BCUT2D eigenvalue weighted by molar-refractivity contribution is -0.129. The van der Waals surface area contributed by atoms with Crippen LogP contribution < -0.4 is 14.4 Å². The molecule has 0 bridgehead atoms. The van der Waals surface area contributed by atoms with Gasteiger partial charge in [0.1, 0.15) is 0 Å². The number of methoxy groups -OCH3 is 2. The predicted octanol–water partition coefficient (Wildman–Crippen LogP) is 3.82. The van der Waals surface area contributed by atoms with Crippen LogP contribution in [0.5, 0.6) is 11.5 Å². The van der Waals surface area contributed by atoms with E-state index in [9.17, 15) is 4.79 Å². The number of anilines is 1. The van der Waals surface area contributed by atoms with Gasteiger partial charge >= 0.3 is 0 Å². The fraction of sp³-hybridized carbons (Fsp3) is 0.409. The Morgan fingerprint density at radius 3 is 2.22 bits per heavy atom. The highest BCUT2D eigenvalue weighted by atomic mass is 16.5. The number of rotatable bonds is 7. The first-order valence-corrected chi connectivity index (χ1v) is 9.43. The minimum absolute atomic E-state index is 0.265. The molecule has 144 valence electrons. The Morgan fingerprint density at radius 1 is 0.963 bits per heavy atom. The number of benzene rings is 2. The molecule has 1 aliphatic rings. The molecular weight excluding hydrogens is 340 g/mol. The number of hydrogen-bond donors (Lipinski definition) is 0. The summed E-state index contributed by atoms with van der Waals surface area (Å²) in [5.41, 5.74) is 3.29. The summed E-state index contributed by atoms with van der Waals surface area (Å²) < 4.78 is 10.7. The van der Waals surface area contributed by atoms with E-state index in [1.807, 2.05) is 30.1 Å². The number of carbonyl (C=O) groups excluding carboxylic acids is 1. The lowest BCUT2D eigenvalue weighted by Crippen LogP contribution is -2.31. The van der Waals surface area contributed by atoms with E-state index < -0.39 is 0 Å². The molecule has 0 aromatic heterocycles. The molecule has 1 saturated heterocycles. The van der Waals surface area contributed by atoms with E-state index in [4.69, 9.17) is 9.47 Å². The molecule has 1 fully saturated rings. The number of ether oxygens (including phenoxy) is 2. The molecule has 2 aromatic rings. The second kappa shape index (κ2) is 8.80. The topological polar surface area (TPSA) is 42.0 Å². The maximum atomic E-state index is 12.2. The summed E-state index contributed by atoms with van der Waals surface area (Å²) in [7, 11) is 5.31. The second-order valence-electron chi connectivity index (χ2n) is 6.88. The minimum Gasteiger partial charge on any atom is -0.493 e. The number of nitrogens with zero attached hydrogens (tertiary/aromatic N) is 2. The van der Waals surface area contributed by atoms with E-state index >= 15 is 0 Å². The van der Waals surface area contributed by atoms with Gasteiger partial charge in [-0.2, -0.15) is 0 Å². The van der Waals surface area contributed by atoms with Gasteiger partial charge in [0, 0.05) is 38.8 Å². The van der Waals surface area contributed by atoms with Crippen molar-refractivity contribution in [2.45, 2.75) is 19.3 Å². The van der Waals surface area contributed by atoms with Gasteiger partial charge in [-0.05, 0) is 48.2 Å². The summed E-state index contributed by atoms with van der Waals surface area (Å²) in [6.45, 7) is 2.57. The van der Waals surface area contributed by atoms with Gasteiger partial charge in [-0.25, -0.2) is 0 Å². The van der Waals surface area contributed by atoms with Gasteiger partial charge in [0.15, 0.2) is 11.5 Å². The van der Waals surface area contributed by atoms with Gasteiger partial charge in [0.25, 0.3) is 0 Å². The first-order valence-electron chi connectivity index (χ1n) is 9.43. The Hall–Kier alpha value is -2.69. The molecule has 1 aliphatic heterocycles. The molecule has 5 heteroatoms. The number of likely N-dealkylation sites (tertiary alicyclic amines) is 1. The highest BCUT2D eigenvalue weighted by molar-refractivity contribution is 5.77. The second-order valence-corrected chi connectivity index (χ2v) is 6.88. The number of hydrogen-bond acceptors (Lipinski definition) is 4. The fourth-order valence-electron chi connectivity index (χ4n) is 3.44. The van der Waals surface area contributed by atoms with E-state index in [0.717, 1.165) is 60.8 Å². The summed E-state index contributed by atoms with van der Waals surface area (Å²) >= 11 is 0. The summed E-state index contributed by atoms with van der Waals surface area (Å²) in [5, 5.41) is 0. The monoisotopic (exact) mass is 368 g/mol. The van der Waals surface area contributed by atoms with Crippen LogP contribution in [-0.2, 0) is 4.79 Å². The smallest absolute Gasteiger partial charge is 0.224 e. The van der Waals surface area contributed by atoms with Crippen LogP contribution in [0.4, 0.5) is 5.69 Å². The molecule has 0 atom stereocenters. The van der Waals surface area contributed by atoms with Crippen molar-refractivity contribution in [1.29, 1.82) is 0 Å². The minimum atomic E-state index is 0.265. The zero-order valence-corrected chi connectivity index (χ0v) is 16.4. The summed E-state index contributed by atoms with van der Waals surface area (Å²) in [6.07, 6.45) is 2.84. The van der Waals surface area contributed by atoms with Crippen LogP contribution in [0, 0.1) is 0 Å². The molecular formula is C22H28N2O3. The average Bonchev–Trinajstić information content (AvgIpc) is 3.26. The molecule has 0 aliphatic carbocycles. The maximum absolute atomic E-state index is 12.2. The van der Waals surface area contributed by atoms with Crippen molar-refractivity contribution in [2.75, 3.05) is 45.8 Å². The zero-order chi connectivity index (χ0) is 19.2. The van der Waals surface area contributed by atoms with Crippen LogP contribution >= 0.6 is 0 Å². The quantitative estimate of drug-likeness (QED) is 0.745. The van der Waals surface area contributed by atoms with Crippen molar-refractivity contribution in [1.82, 2.24) is 4.90 Å². The van der Waals surface area contributed by atoms with Gasteiger partial charge in [-0.15, -0.1) is 0 Å². The highest BCUT2D eigenvalue weighted by Gasteiger charge is 2.18. The Labute approximate surface area is 161 Å². The molecule has 0 radical (unpaired) electrons. The zero-order valence-electron chi connectivity index (χ0n) is 16.4. The van der Waals surface area contributed by atoms with Gasteiger partial charge in [0.2, 0.25) is 5.91 Å². The third-order valence-electron chi connectivity index (χ3n) is 5.14. The summed E-state index contributed by atoms with van der Waals surface area (Å²) in [4.78, 5) is 16.3. The largest absolute Gasteiger partial charge is 0.493 e. The highest BCUT2D eigenvalue weighted by Crippen LogP contribution is 2.32.